The van der Waals surface area contributed by atoms with Gasteiger partial charge < -0.3 is 10.1 Å². The topological polar surface area (TPSA) is 50.7 Å². The Balaban J connectivity index is 2.16. The minimum atomic E-state index is -0.617. The Kier molecular flexibility index (Phi) is 12.3. The maximum atomic E-state index is 15.5. The number of allylic oxidation sites excluding steroid dienone is 2. The van der Waals surface area contributed by atoms with E-state index in [1.807, 2.05) is 20.0 Å². The highest BCUT2D eigenvalue weighted by Gasteiger charge is 2.24. The molecule has 188 valence electrons. The first-order chi connectivity index (χ1) is 16.1. The quantitative estimate of drug-likeness (QED) is 0.217. The Morgan fingerprint density at radius 1 is 1.35 bits per heavy atom. The Morgan fingerprint density at radius 3 is 2.71 bits per heavy atom. The second-order valence-electron chi connectivity index (χ2n) is 8.70. The molecule has 0 bridgehead atoms. The Bertz CT molecular complexity index is 1030. The summed E-state index contributed by atoms with van der Waals surface area (Å²) >= 11 is 5.61. The molecule has 0 spiro atoms. The normalized spacial score (nSPS) is 17.9. The first kappa shape index (κ1) is 29.1. The van der Waals surface area contributed by atoms with Crippen molar-refractivity contribution in [2.75, 3.05) is 6.61 Å². The molecule has 1 aliphatic rings. The first-order valence-electron chi connectivity index (χ1n) is 11.4. The summed E-state index contributed by atoms with van der Waals surface area (Å²) in [6, 6.07) is 0. The van der Waals surface area contributed by atoms with Crippen LogP contribution in [0, 0.1) is 17.7 Å². The van der Waals surface area contributed by atoms with E-state index in [0.29, 0.717) is 28.2 Å². The summed E-state index contributed by atoms with van der Waals surface area (Å²) in [6.07, 6.45) is 7.84. The van der Waals surface area contributed by atoms with E-state index >= 15 is 4.39 Å². The molecule has 2 atom stereocenters. The molecule has 9 heteroatoms. The van der Waals surface area contributed by atoms with Crippen molar-refractivity contribution in [1.82, 2.24) is 5.32 Å². The van der Waals surface area contributed by atoms with Crippen molar-refractivity contribution in [3.05, 3.63) is 42.7 Å². The van der Waals surface area contributed by atoms with Gasteiger partial charge in [-0.15, -0.1) is 11.3 Å². The number of hydrogen-bond donors (Lipinski definition) is 1. The van der Waals surface area contributed by atoms with Crippen LogP contribution >= 0.6 is 46.6 Å². The number of aliphatic imine (C=N–C) groups is 1. The average Bonchev–Trinajstić information content (AvgIpc) is 3.29. The van der Waals surface area contributed by atoms with E-state index in [4.69, 9.17) is 4.74 Å². The van der Waals surface area contributed by atoms with E-state index in [0.717, 1.165) is 38.2 Å². The SMILES string of the molecule is C=N/C=C(/C)S/C(SC1NC=C(C)S1)=c1\c(F)c(C(=O)OCCC(C)CCCC(C)C)sc1=C. The molecule has 34 heavy (non-hydrogen) atoms. The zero-order valence-electron chi connectivity index (χ0n) is 20.6. The van der Waals surface area contributed by atoms with Crippen molar-refractivity contribution >= 4 is 70.1 Å². The first-order valence-corrected chi connectivity index (χ1v) is 14.8. The fourth-order valence-electron chi connectivity index (χ4n) is 3.24. The van der Waals surface area contributed by atoms with Gasteiger partial charge in [0.2, 0.25) is 0 Å². The van der Waals surface area contributed by atoms with E-state index in [9.17, 15) is 4.79 Å². The molecule has 1 aromatic rings. The molecular weight excluding hydrogens is 508 g/mol. The second kappa shape index (κ2) is 14.4. The fourth-order valence-corrected chi connectivity index (χ4v) is 8.24. The van der Waals surface area contributed by atoms with E-state index < -0.39 is 11.8 Å². The smallest absolute Gasteiger partial charge is 0.351 e. The lowest BCUT2D eigenvalue weighted by Gasteiger charge is -2.13. The number of carbonyl (C=O) groups excluding carboxylic acids is 1. The highest BCUT2D eigenvalue weighted by Crippen LogP contribution is 2.43. The molecule has 4 nitrogen and oxygen atoms in total. The molecule has 0 saturated carbocycles. The van der Waals surface area contributed by atoms with Crippen LogP contribution in [0.3, 0.4) is 0 Å². The Morgan fingerprint density at radius 2 is 2.09 bits per heavy atom. The van der Waals surface area contributed by atoms with Crippen molar-refractivity contribution < 1.29 is 13.9 Å². The monoisotopic (exact) mass is 542 g/mol. The molecule has 0 aliphatic carbocycles. The Labute approximate surface area is 219 Å². The van der Waals surface area contributed by atoms with Gasteiger partial charge in [-0.1, -0.05) is 81.9 Å². The molecule has 0 saturated heterocycles. The predicted molar refractivity (Wildman–Crippen MR) is 152 cm³/mol. The van der Waals surface area contributed by atoms with Crippen LogP contribution in [0.15, 0.2) is 27.2 Å². The van der Waals surface area contributed by atoms with Gasteiger partial charge in [0.05, 0.1) is 10.8 Å². The number of thiophene rings is 1. The third-order valence-corrected chi connectivity index (χ3v) is 9.63. The van der Waals surface area contributed by atoms with Crippen LogP contribution in [0.1, 0.15) is 70.0 Å². The minimum absolute atomic E-state index is 0.0123. The standard InChI is InChI=1S/C25H35FN2O2S4/c1-15(2)9-8-10-16(3)11-12-30-23(29)22-21(26)20(19(6)33-22)24(31-17(4)13-27-7)34-25-28-14-18(5)32-25/h13-16,25,28H,6-12H2,1-5H3/b17-13-,24-20+. The molecule has 2 rings (SSSR count). The number of ether oxygens (including phenoxy) is 1. The molecule has 2 unspecified atom stereocenters. The van der Waals surface area contributed by atoms with Gasteiger partial charge in [-0.2, -0.15) is 0 Å². The average molecular weight is 543 g/mol. The third kappa shape index (κ3) is 9.13. The molecule has 0 radical (unpaired) electrons. The number of carbonyl (C=O) groups is 1. The summed E-state index contributed by atoms with van der Waals surface area (Å²) in [5.41, 5.74) is 0. The largest absolute Gasteiger partial charge is 0.461 e. The van der Waals surface area contributed by atoms with Crippen LogP contribution < -0.4 is 15.1 Å². The zero-order chi connectivity index (χ0) is 25.3. The number of nitrogens with one attached hydrogen (secondary N) is 1. The number of thioether (sulfide) groups is 3. The maximum Gasteiger partial charge on any atom is 0.351 e. The van der Waals surface area contributed by atoms with Crippen molar-refractivity contribution in [3.63, 3.8) is 0 Å². The van der Waals surface area contributed by atoms with E-state index in [-0.39, 0.29) is 9.58 Å². The van der Waals surface area contributed by atoms with Crippen LogP contribution in [-0.4, -0.2) is 24.0 Å². The molecule has 1 aliphatic heterocycles. The molecule has 0 amide bonds. The summed E-state index contributed by atoms with van der Waals surface area (Å²) in [5, 5.41) is 3.64. The number of esters is 1. The molecular formula is C25H35FN2O2S4. The predicted octanol–water partition coefficient (Wildman–Crippen LogP) is 6.88. The van der Waals surface area contributed by atoms with Gasteiger partial charge in [-0.05, 0) is 38.8 Å². The van der Waals surface area contributed by atoms with Crippen LogP contribution in [0.25, 0.3) is 10.8 Å². The van der Waals surface area contributed by atoms with Crippen molar-refractivity contribution in [2.24, 2.45) is 16.8 Å². The maximum absolute atomic E-state index is 15.5. The number of rotatable bonds is 13. The lowest BCUT2D eigenvalue weighted by molar-refractivity contribution is 0.0484. The third-order valence-electron chi connectivity index (χ3n) is 5.09. The molecule has 1 N–H and O–H groups in total. The number of nitrogens with zero attached hydrogens (tertiary/aromatic N) is 1. The summed E-state index contributed by atoms with van der Waals surface area (Å²) < 4.78 is 22.2. The van der Waals surface area contributed by atoms with E-state index in [1.54, 1.807) is 18.0 Å². The summed E-state index contributed by atoms with van der Waals surface area (Å²) in [7, 11) is 0. The lowest BCUT2D eigenvalue weighted by atomic mass is 9.98. The van der Waals surface area contributed by atoms with Crippen LogP contribution in [0.2, 0.25) is 0 Å². The molecule has 2 heterocycles. The minimum Gasteiger partial charge on any atom is -0.461 e. The van der Waals surface area contributed by atoms with E-state index in [1.165, 1.54) is 36.4 Å². The zero-order valence-corrected chi connectivity index (χ0v) is 23.9. The summed E-state index contributed by atoms with van der Waals surface area (Å²) in [6.45, 7) is 18.4. The van der Waals surface area contributed by atoms with Gasteiger partial charge in [0.25, 0.3) is 0 Å². The van der Waals surface area contributed by atoms with E-state index in [2.05, 4.69) is 44.4 Å². The van der Waals surface area contributed by atoms with Crippen LogP contribution in [0.4, 0.5) is 4.39 Å². The van der Waals surface area contributed by atoms with Crippen LogP contribution in [-0.2, 0) is 4.74 Å². The van der Waals surface area contributed by atoms with Crippen molar-refractivity contribution in [2.45, 2.75) is 65.0 Å². The molecule has 0 fully saturated rings. The molecule has 0 aromatic carbocycles. The lowest BCUT2D eigenvalue weighted by Crippen LogP contribution is -2.24. The summed E-state index contributed by atoms with van der Waals surface area (Å²) in [5.74, 6) is -0.0139. The van der Waals surface area contributed by atoms with Gasteiger partial charge in [-0.3, -0.25) is 4.99 Å². The van der Waals surface area contributed by atoms with Gasteiger partial charge in [0, 0.05) is 32.0 Å². The van der Waals surface area contributed by atoms with Gasteiger partial charge in [-0.25, -0.2) is 9.18 Å². The van der Waals surface area contributed by atoms with Crippen LogP contribution in [0.5, 0.6) is 0 Å². The highest BCUT2D eigenvalue weighted by molar-refractivity contribution is 8.35. The number of halogens is 1. The van der Waals surface area contributed by atoms with Crippen molar-refractivity contribution in [1.29, 1.82) is 0 Å². The molecule has 1 aromatic heterocycles. The van der Waals surface area contributed by atoms with Gasteiger partial charge in [0.15, 0.2) is 5.82 Å². The van der Waals surface area contributed by atoms with Gasteiger partial charge in [0.1, 0.15) is 9.58 Å². The second-order valence-corrected chi connectivity index (χ2v) is 14.1. The summed E-state index contributed by atoms with van der Waals surface area (Å²) in [4.78, 5) is 18.5. The fraction of sp³-hybridized carbons (Fsp3) is 0.520. The van der Waals surface area contributed by atoms with Crippen molar-refractivity contribution in [3.8, 4) is 0 Å². The van der Waals surface area contributed by atoms with Gasteiger partial charge >= 0.3 is 5.97 Å². The Hall–Kier alpha value is -1.16. The highest BCUT2D eigenvalue weighted by atomic mass is 32.2. The number of hydrogen-bond acceptors (Lipinski definition) is 8.